The van der Waals surface area contributed by atoms with Gasteiger partial charge < -0.3 is 14.1 Å². The molecule has 0 radical (unpaired) electrons. The van der Waals surface area contributed by atoms with E-state index in [0.29, 0.717) is 22.6 Å². The topological polar surface area (TPSA) is 76.8 Å². The molecular weight excluding hydrogens is 410 g/mol. The van der Waals surface area contributed by atoms with Crippen LogP contribution in [0.4, 0.5) is 0 Å². The summed E-state index contributed by atoms with van der Waals surface area (Å²) in [7, 11) is -3.10. The lowest BCUT2D eigenvalue weighted by molar-refractivity contribution is -0.136. The lowest BCUT2D eigenvalue weighted by Crippen LogP contribution is -2.43. The number of para-hydroxylation sites is 1. The largest absolute Gasteiger partial charge is 0.484 e. The van der Waals surface area contributed by atoms with Crippen molar-refractivity contribution >= 4 is 31.7 Å². The highest BCUT2D eigenvalue weighted by atomic mass is 79.9. The molecule has 25 heavy (non-hydrogen) atoms. The van der Waals surface area contributed by atoms with E-state index >= 15 is 0 Å². The minimum absolute atomic E-state index is 0.0219. The first-order valence-electron chi connectivity index (χ1n) is 7.85. The molecule has 2 aromatic rings. The molecule has 1 aromatic heterocycles. The van der Waals surface area contributed by atoms with Crippen molar-refractivity contribution in [3.63, 3.8) is 0 Å². The van der Waals surface area contributed by atoms with Crippen molar-refractivity contribution in [2.24, 2.45) is 0 Å². The number of halogens is 1. The molecule has 1 amide bonds. The SMILES string of the molecule is O=C(COc1ccccc1)N(Cc1ccc(Br)o1)C1CCS(=O)(=O)C1. The molecule has 2 heterocycles. The first-order valence-corrected chi connectivity index (χ1v) is 10.5. The van der Waals surface area contributed by atoms with Crippen LogP contribution in [0.2, 0.25) is 0 Å². The van der Waals surface area contributed by atoms with Gasteiger partial charge in [-0.3, -0.25) is 4.79 Å². The van der Waals surface area contributed by atoms with Gasteiger partial charge in [0.15, 0.2) is 21.1 Å². The summed E-state index contributed by atoms with van der Waals surface area (Å²) in [6.45, 7) is 0.0607. The summed E-state index contributed by atoms with van der Waals surface area (Å²) in [5.74, 6) is 0.993. The number of ether oxygens (including phenoxy) is 1. The quantitative estimate of drug-likeness (QED) is 0.707. The summed E-state index contributed by atoms with van der Waals surface area (Å²) >= 11 is 3.23. The molecule has 6 nitrogen and oxygen atoms in total. The number of rotatable bonds is 6. The van der Waals surface area contributed by atoms with E-state index in [9.17, 15) is 13.2 Å². The van der Waals surface area contributed by atoms with Crippen molar-refractivity contribution in [1.82, 2.24) is 4.90 Å². The highest BCUT2D eigenvalue weighted by molar-refractivity contribution is 9.10. The summed E-state index contributed by atoms with van der Waals surface area (Å²) in [5.41, 5.74) is 0. The monoisotopic (exact) mass is 427 g/mol. The van der Waals surface area contributed by atoms with Crippen LogP contribution in [0.15, 0.2) is 51.6 Å². The third kappa shape index (κ3) is 4.85. The van der Waals surface area contributed by atoms with Gasteiger partial charge in [0.2, 0.25) is 0 Å². The first kappa shape index (κ1) is 18.0. The second-order valence-electron chi connectivity index (χ2n) is 5.89. The van der Waals surface area contributed by atoms with E-state index in [1.165, 1.54) is 0 Å². The zero-order valence-electron chi connectivity index (χ0n) is 13.4. The van der Waals surface area contributed by atoms with Gasteiger partial charge in [0.05, 0.1) is 18.1 Å². The number of benzene rings is 1. The molecule has 1 fully saturated rings. The Morgan fingerprint density at radius 2 is 2.00 bits per heavy atom. The predicted molar refractivity (Wildman–Crippen MR) is 96.0 cm³/mol. The highest BCUT2D eigenvalue weighted by Crippen LogP contribution is 2.22. The van der Waals surface area contributed by atoms with Crippen molar-refractivity contribution in [3.05, 3.63) is 52.9 Å². The number of carbonyl (C=O) groups is 1. The number of hydrogen-bond donors (Lipinski definition) is 0. The van der Waals surface area contributed by atoms with Gasteiger partial charge >= 0.3 is 0 Å². The van der Waals surface area contributed by atoms with E-state index in [-0.39, 0.29) is 36.6 Å². The van der Waals surface area contributed by atoms with Crippen LogP contribution in [-0.2, 0) is 21.2 Å². The fourth-order valence-electron chi connectivity index (χ4n) is 2.79. The Kier molecular flexibility index (Phi) is 5.48. The van der Waals surface area contributed by atoms with Crippen LogP contribution in [0.1, 0.15) is 12.2 Å². The molecule has 0 bridgehead atoms. The van der Waals surface area contributed by atoms with Crippen LogP contribution < -0.4 is 4.74 Å². The smallest absolute Gasteiger partial charge is 0.261 e. The van der Waals surface area contributed by atoms with Crippen molar-refractivity contribution in [3.8, 4) is 5.75 Å². The maximum Gasteiger partial charge on any atom is 0.261 e. The Morgan fingerprint density at radius 1 is 1.24 bits per heavy atom. The Morgan fingerprint density at radius 3 is 2.60 bits per heavy atom. The van der Waals surface area contributed by atoms with Crippen molar-refractivity contribution < 1.29 is 22.4 Å². The lowest BCUT2D eigenvalue weighted by Gasteiger charge is -2.27. The van der Waals surface area contributed by atoms with E-state index in [2.05, 4.69) is 15.9 Å². The molecule has 8 heteroatoms. The average molecular weight is 428 g/mol. The fourth-order valence-corrected chi connectivity index (χ4v) is 4.86. The fraction of sp³-hybridized carbons (Fsp3) is 0.353. The van der Waals surface area contributed by atoms with Gasteiger partial charge in [0, 0.05) is 6.04 Å². The molecule has 1 atom stereocenters. The summed E-state index contributed by atoms with van der Waals surface area (Å²) in [6, 6.07) is 12.2. The van der Waals surface area contributed by atoms with Gasteiger partial charge in [-0.15, -0.1) is 0 Å². The minimum atomic E-state index is -3.10. The summed E-state index contributed by atoms with van der Waals surface area (Å²) in [4.78, 5) is 14.2. The number of hydrogen-bond acceptors (Lipinski definition) is 5. The van der Waals surface area contributed by atoms with E-state index in [4.69, 9.17) is 9.15 Å². The molecular formula is C17H18BrNO5S. The molecule has 3 rings (SSSR count). The molecule has 1 aliphatic rings. The van der Waals surface area contributed by atoms with Crippen LogP contribution >= 0.6 is 15.9 Å². The Labute approximate surface area is 154 Å². The third-order valence-electron chi connectivity index (χ3n) is 4.03. The van der Waals surface area contributed by atoms with Crippen LogP contribution in [-0.4, -0.2) is 43.4 Å². The van der Waals surface area contributed by atoms with Crippen molar-refractivity contribution in [2.75, 3.05) is 18.1 Å². The number of furan rings is 1. The van der Waals surface area contributed by atoms with Crippen LogP contribution in [0.3, 0.4) is 0 Å². The predicted octanol–water partition coefficient (Wildman–Crippen LogP) is 2.64. The normalized spacial score (nSPS) is 18.8. The van der Waals surface area contributed by atoms with Gasteiger partial charge in [-0.2, -0.15) is 0 Å². The summed E-state index contributed by atoms with van der Waals surface area (Å²) < 4.78 is 35.2. The minimum Gasteiger partial charge on any atom is -0.484 e. The van der Waals surface area contributed by atoms with E-state index in [0.717, 1.165) is 0 Å². The molecule has 0 spiro atoms. The van der Waals surface area contributed by atoms with E-state index < -0.39 is 9.84 Å². The standard InChI is InChI=1S/C17H18BrNO5S/c18-16-7-6-15(24-16)10-19(13-8-9-25(21,22)12-13)17(20)11-23-14-4-2-1-3-5-14/h1-7,13H,8-12H2. The molecule has 1 aliphatic heterocycles. The highest BCUT2D eigenvalue weighted by Gasteiger charge is 2.35. The zero-order chi connectivity index (χ0) is 17.9. The van der Waals surface area contributed by atoms with Gasteiger partial charge in [-0.25, -0.2) is 8.42 Å². The van der Waals surface area contributed by atoms with Crippen LogP contribution in [0.5, 0.6) is 5.75 Å². The number of carbonyl (C=O) groups excluding carboxylic acids is 1. The van der Waals surface area contributed by atoms with Crippen LogP contribution in [0.25, 0.3) is 0 Å². The second kappa shape index (κ2) is 7.61. The third-order valence-corrected chi connectivity index (χ3v) is 6.21. The number of amides is 1. The maximum absolute atomic E-state index is 12.7. The van der Waals surface area contributed by atoms with Gasteiger partial charge in [0.1, 0.15) is 11.5 Å². The van der Waals surface area contributed by atoms with Gasteiger partial charge in [-0.1, -0.05) is 18.2 Å². The molecule has 1 aromatic carbocycles. The van der Waals surface area contributed by atoms with E-state index in [1.807, 2.05) is 18.2 Å². The summed E-state index contributed by atoms with van der Waals surface area (Å²) in [6.07, 6.45) is 0.432. The molecule has 1 unspecified atom stereocenters. The number of sulfone groups is 1. The second-order valence-corrected chi connectivity index (χ2v) is 8.90. The van der Waals surface area contributed by atoms with Crippen molar-refractivity contribution in [1.29, 1.82) is 0 Å². The molecule has 1 saturated heterocycles. The first-order chi connectivity index (χ1) is 11.9. The van der Waals surface area contributed by atoms with Gasteiger partial charge in [-0.05, 0) is 46.6 Å². The summed E-state index contributed by atoms with van der Waals surface area (Å²) in [5, 5.41) is 0. The molecule has 0 saturated carbocycles. The lowest BCUT2D eigenvalue weighted by atomic mass is 10.2. The maximum atomic E-state index is 12.7. The van der Waals surface area contributed by atoms with Crippen LogP contribution in [0, 0.1) is 0 Å². The number of nitrogens with zero attached hydrogens (tertiary/aromatic N) is 1. The Hall–Kier alpha value is -1.80. The molecule has 0 N–H and O–H groups in total. The van der Waals surface area contributed by atoms with Crippen molar-refractivity contribution in [2.45, 2.75) is 19.0 Å². The average Bonchev–Trinajstić information content (AvgIpc) is 3.16. The zero-order valence-corrected chi connectivity index (χ0v) is 15.8. The Bertz CT molecular complexity index is 834. The Balaban J connectivity index is 1.71. The van der Waals surface area contributed by atoms with E-state index in [1.54, 1.807) is 29.2 Å². The van der Waals surface area contributed by atoms with Gasteiger partial charge in [0.25, 0.3) is 5.91 Å². The molecule has 0 aliphatic carbocycles. The molecule has 134 valence electrons.